The summed E-state index contributed by atoms with van der Waals surface area (Å²) in [5.74, 6) is 0. The first kappa shape index (κ1) is 25.0. The number of benzene rings is 3. The van der Waals surface area contributed by atoms with Gasteiger partial charge in [0.15, 0.2) is 0 Å². The Balaban J connectivity index is 0.000000183. The number of furan rings is 1. The van der Waals surface area contributed by atoms with Crippen LogP contribution in [0.1, 0.15) is 10.4 Å². The van der Waals surface area contributed by atoms with Crippen molar-refractivity contribution in [2.24, 2.45) is 0 Å². The molecule has 0 N–H and O–H groups in total. The van der Waals surface area contributed by atoms with Crippen molar-refractivity contribution in [3.8, 4) is 22.5 Å². The Hall–Kier alpha value is -3.63. The molecule has 0 aliphatic carbocycles. The van der Waals surface area contributed by atoms with Crippen LogP contribution in [-0.4, -0.2) is 9.97 Å². The largest absolute Gasteiger partial charge is 0.499 e. The van der Waals surface area contributed by atoms with Gasteiger partial charge in [0.25, 0.3) is 0 Å². The Labute approximate surface area is 233 Å². The van der Waals surface area contributed by atoms with Crippen LogP contribution >= 0.6 is 11.3 Å². The number of pyridine rings is 2. The van der Waals surface area contributed by atoms with E-state index in [4.69, 9.17) is 4.42 Å². The van der Waals surface area contributed by atoms with Gasteiger partial charge in [-0.25, -0.2) is 0 Å². The molecule has 1 radical (unpaired) electrons. The van der Waals surface area contributed by atoms with E-state index in [2.05, 4.69) is 59.4 Å². The van der Waals surface area contributed by atoms with E-state index in [0.29, 0.717) is 0 Å². The van der Waals surface area contributed by atoms with Gasteiger partial charge >= 0.3 is 0 Å². The van der Waals surface area contributed by atoms with Crippen molar-refractivity contribution in [3.05, 3.63) is 120 Å². The van der Waals surface area contributed by atoms with Gasteiger partial charge in [0.05, 0.1) is 10.3 Å². The van der Waals surface area contributed by atoms with E-state index in [1.165, 1.54) is 15.0 Å². The van der Waals surface area contributed by atoms with Gasteiger partial charge in [-0.3, -0.25) is 0 Å². The topological polar surface area (TPSA) is 38.9 Å². The van der Waals surface area contributed by atoms with Gasteiger partial charge < -0.3 is 14.4 Å². The standard InChI is InChI=1S/C21H14NOS.C11H8N.Ir/c1-12-6-9-18(22-11-12)17-5-3-4-15-16-8-7-14-10-13(2)24-21(14)20(16)23-19(15)17;1-2-6-10(7-3-1)11-8-4-5-9-12-11;/h3-4,6-11H,1-2H3;1-6,8-9H;/q2*-1;. The maximum Gasteiger partial charge on any atom is 0.138 e. The first-order chi connectivity index (χ1) is 17.7. The van der Waals surface area contributed by atoms with E-state index < -0.39 is 0 Å². The van der Waals surface area contributed by atoms with Crippen molar-refractivity contribution in [1.29, 1.82) is 0 Å². The Morgan fingerprint density at radius 1 is 0.757 bits per heavy atom. The van der Waals surface area contributed by atoms with Crippen LogP contribution in [0.4, 0.5) is 0 Å². The van der Waals surface area contributed by atoms with Crippen molar-refractivity contribution in [3.63, 3.8) is 0 Å². The zero-order valence-electron chi connectivity index (χ0n) is 20.3. The predicted molar refractivity (Wildman–Crippen MR) is 149 cm³/mol. The zero-order valence-corrected chi connectivity index (χ0v) is 23.5. The molecule has 37 heavy (non-hydrogen) atoms. The molecule has 0 aliphatic heterocycles. The summed E-state index contributed by atoms with van der Waals surface area (Å²) < 4.78 is 7.55. The fourth-order valence-corrected chi connectivity index (χ4v) is 5.30. The average molecular weight is 675 g/mol. The monoisotopic (exact) mass is 675 g/mol. The van der Waals surface area contributed by atoms with E-state index in [0.717, 1.165) is 50.0 Å². The Morgan fingerprint density at radius 3 is 2.38 bits per heavy atom. The van der Waals surface area contributed by atoms with E-state index in [1.807, 2.05) is 67.7 Å². The van der Waals surface area contributed by atoms with Crippen molar-refractivity contribution in [2.45, 2.75) is 13.8 Å². The third kappa shape index (κ3) is 4.99. The van der Waals surface area contributed by atoms with Gasteiger partial charge in [-0.2, -0.15) is 0 Å². The summed E-state index contributed by atoms with van der Waals surface area (Å²) in [6.07, 6.45) is 3.67. The normalized spacial score (nSPS) is 10.8. The SMILES string of the molecule is Cc1ccc(-c2[c-]ccc3c2oc2c3ccc3cc(C)sc32)nc1.[Ir].[c-]1ccccc1-c1ccccn1. The summed E-state index contributed by atoms with van der Waals surface area (Å²) in [6.45, 7) is 4.17. The van der Waals surface area contributed by atoms with Gasteiger partial charge in [-0.05, 0) is 48.3 Å². The third-order valence-electron chi connectivity index (χ3n) is 6.03. The van der Waals surface area contributed by atoms with Crippen molar-refractivity contribution < 1.29 is 24.5 Å². The number of fused-ring (bicyclic) bond motifs is 5. The molecule has 5 heteroatoms. The molecular formula is C32H22IrN2OS-2. The minimum atomic E-state index is 0. The van der Waals surface area contributed by atoms with Crippen LogP contribution in [0.3, 0.4) is 0 Å². The fraction of sp³-hybridized carbons (Fsp3) is 0.0625. The van der Waals surface area contributed by atoms with Gasteiger partial charge in [0.2, 0.25) is 0 Å². The van der Waals surface area contributed by atoms with Crippen LogP contribution in [0.15, 0.2) is 102 Å². The molecule has 0 unspecified atom stereocenters. The number of hydrogen-bond donors (Lipinski definition) is 0. The first-order valence-electron chi connectivity index (χ1n) is 11.7. The molecule has 0 saturated heterocycles. The van der Waals surface area contributed by atoms with E-state index in [9.17, 15) is 0 Å². The second-order valence-electron chi connectivity index (χ2n) is 8.63. The molecule has 0 fully saturated rings. The molecule has 3 aromatic carbocycles. The summed E-state index contributed by atoms with van der Waals surface area (Å²) in [5, 5.41) is 3.51. The number of hydrogen-bond acceptors (Lipinski definition) is 4. The van der Waals surface area contributed by atoms with Crippen LogP contribution in [0.2, 0.25) is 0 Å². The first-order valence-corrected chi connectivity index (χ1v) is 12.6. The maximum atomic E-state index is 6.33. The molecule has 4 aromatic heterocycles. The molecule has 7 rings (SSSR count). The molecular weight excluding hydrogens is 653 g/mol. The van der Waals surface area contributed by atoms with Crippen LogP contribution in [0, 0.1) is 26.0 Å². The minimum absolute atomic E-state index is 0. The average Bonchev–Trinajstić information content (AvgIpc) is 3.50. The Morgan fingerprint density at radius 2 is 1.62 bits per heavy atom. The number of nitrogens with zero attached hydrogens (tertiary/aromatic N) is 2. The molecule has 0 bridgehead atoms. The Bertz CT molecular complexity index is 1750. The van der Waals surface area contributed by atoms with E-state index in [-0.39, 0.29) is 20.1 Å². The third-order valence-corrected chi connectivity index (χ3v) is 7.09. The molecule has 0 spiro atoms. The van der Waals surface area contributed by atoms with Crippen LogP contribution in [0.5, 0.6) is 0 Å². The summed E-state index contributed by atoms with van der Waals surface area (Å²) in [6, 6.07) is 34.8. The predicted octanol–water partition coefficient (Wildman–Crippen LogP) is 8.83. The Kier molecular flexibility index (Phi) is 7.29. The zero-order chi connectivity index (χ0) is 24.5. The molecule has 0 atom stereocenters. The second kappa shape index (κ2) is 10.8. The number of aromatic nitrogens is 2. The molecule has 7 aromatic rings. The van der Waals surface area contributed by atoms with E-state index in [1.54, 1.807) is 17.5 Å². The number of thiophene rings is 1. The second-order valence-corrected chi connectivity index (χ2v) is 9.88. The van der Waals surface area contributed by atoms with Gasteiger partial charge in [0, 0.05) is 42.8 Å². The van der Waals surface area contributed by atoms with Gasteiger partial charge in [-0.15, -0.1) is 65.4 Å². The van der Waals surface area contributed by atoms with Crippen molar-refractivity contribution in [1.82, 2.24) is 9.97 Å². The van der Waals surface area contributed by atoms with Gasteiger partial charge in [0.1, 0.15) is 5.58 Å². The van der Waals surface area contributed by atoms with Crippen molar-refractivity contribution >= 4 is 43.4 Å². The number of rotatable bonds is 2. The summed E-state index contributed by atoms with van der Waals surface area (Å²) >= 11 is 1.78. The van der Waals surface area contributed by atoms with Crippen LogP contribution < -0.4 is 0 Å². The minimum Gasteiger partial charge on any atom is -0.499 e. The quantitative estimate of drug-likeness (QED) is 0.172. The molecule has 0 aliphatic rings. The molecule has 0 saturated carbocycles. The van der Waals surface area contributed by atoms with Crippen LogP contribution in [0.25, 0.3) is 54.5 Å². The smallest absolute Gasteiger partial charge is 0.138 e. The molecule has 183 valence electrons. The summed E-state index contributed by atoms with van der Waals surface area (Å²) in [4.78, 5) is 10.1. The maximum absolute atomic E-state index is 6.33. The molecule has 0 amide bonds. The number of aryl methyl sites for hydroxylation is 2. The summed E-state index contributed by atoms with van der Waals surface area (Å²) in [7, 11) is 0. The van der Waals surface area contributed by atoms with Crippen molar-refractivity contribution in [2.75, 3.05) is 0 Å². The van der Waals surface area contributed by atoms with E-state index >= 15 is 0 Å². The molecule has 4 heterocycles. The summed E-state index contributed by atoms with van der Waals surface area (Å²) in [5.41, 5.74) is 6.80. The fourth-order valence-electron chi connectivity index (χ4n) is 4.30. The molecule has 3 nitrogen and oxygen atoms in total. The van der Waals surface area contributed by atoms with Crippen LogP contribution in [-0.2, 0) is 20.1 Å². The van der Waals surface area contributed by atoms with Gasteiger partial charge in [-0.1, -0.05) is 47.3 Å².